The van der Waals surface area contributed by atoms with Crippen LogP contribution >= 0.6 is 0 Å². The van der Waals surface area contributed by atoms with E-state index in [-0.39, 0.29) is 0 Å². The first-order chi connectivity index (χ1) is 10.4. The van der Waals surface area contributed by atoms with Gasteiger partial charge in [0.05, 0.1) is 6.61 Å². The van der Waals surface area contributed by atoms with Gasteiger partial charge in [-0.3, -0.25) is 4.90 Å². The Kier molecular flexibility index (Phi) is 5.28. The minimum Gasteiger partial charge on any atom is -0.380 e. The van der Waals surface area contributed by atoms with E-state index in [0.29, 0.717) is 12.6 Å². The first-order valence-electron chi connectivity index (χ1n) is 8.41. The van der Waals surface area contributed by atoms with Gasteiger partial charge in [-0.1, -0.05) is 30.7 Å². The standard InChI is InChI=1S/C18H28N2O/c1-21-14-16-7-4-6-15(12-16)13-20-11-3-2-9-18(20)17-8-5-10-19-17/h4,6-7,12,17-19H,2-3,5,8-11,13-14H2,1H3. The van der Waals surface area contributed by atoms with Crippen molar-refractivity contribution in [2.75, 3.05) is 20.2 Å². The van der Waals surface area contributed by atoms with Crippen LogP contribution in [0, 0.1) is 0 Å². The highest BCUT2D eigenvalue weighted by atomic mass is 16.5. The summed E-state index contributed by atoms with van der Waals surface area (Å²) in [4.78, 5) is 2.71. The number of benzene rings is 1. The number of hydrogen-bond donors (Lipinski definition) is 1. The molecule has 1 aromatic carbocycles. The van der Waals surface area contributed by atoms with Crippen molar-refractivity contribution in [1.29, 1.82) is 0 Å². The summed E-state index contributed by atoms with van der Waals surface area (Å²) < 4.78 is 5.25. The zero-order valence-corrected chi connectivity index (χ0v) is 13.2. The maximum absolute atomic E-state index is 5.25. The number of nitrogens with one attached hydrogen (secondary N) is 1. The smallest absolute Gasteiger partial charge is 0.0713 e. The summed E-state index contributed by atoms with van der Waals surface area (Å²) in [5.41, 5.74) is 2.71. The maximum atomic E-state index is 5.25. The van der Waals surface area contributed by atoms with Gasteiger partial charge in [-0.2, -0.15) is 0 Å². The SMILES string of the molecule is COCc1cccc(CN2CCCCC2C2CCCN2)c1. The number of ether oxygens (including phenoxy) is 1. The molecular formula is C18H28N2O. The van der Waals surface area contributed by atoms with Gasteiger partial charge >= 0.3 is 0 Å². The molecule has 2 aliphatic heterocycles. The van der Waals surface area contributed by atoms with Gasteiger partial charge in [-0.05, 0) is 49.9 Å². The third-order valence-electron chi connectivity index (χ3n) is 4.92. The van der Waals surface area contributed by atoms with E-state index >= 15 is 0 Å². The van der Waals surface area contributed by atoms with E-state index in [0.717, 1.165) is 12.6 Å². The van der Waals surface area contributed by atoms with Gasteiger partial charge in [0.1, 0.15) is 0 Å². The quantitative estimate of drug-likeness (QED) is 0.901. The third kappa shape index (κ3) is 3.85. The average Bonchev–Trinajstić information content (AvgIpc) is 3.03. The van der Waals surface area contributed by atoms with Crippen LogP contribution in [-0.2, 0) is 17.9 Å². The summed E-state index contributed by atoms with van der Waals surface area (Å²) in [6.07, 6.45) is 6.79. The fourth-order valence-corrected chi connectivity index (χ4v) is 3.93. The normalized spacial score (nSPS) is 27.1. The number of rotatable bonds is 5. The highest BCUT2D eigenvalue weighted by Crippen LogP contribution is 2.26. The molecule has 0 amide bonds. The van der Waals surface area contributed by atoms with Crippen LogP contribution in [0.3, 0.4) is 0 Å². The summed E-state index contributed by atoms with van der Waals surface area (Å²) in [7, 11) is 1.76. The lowest BCUT2D eigenvalue weighted by Gasteiger charge is -2.39. The molecule has 1 aromatic rings. The first-order valence-corrected chi connectivity index (χ1v) is 8.41. The van der Waals surface area contributed by atoms with E-state index in [9.17, 15) is 0 Å². The summed E-state index contributed by atoms with van der Waals surface area (Å²) in [5.74, 6) is 0. The molecule has 0 saturated carbocycles. The molecular weight excluding hydrogens is 260 g/mol. The zero-order chi connectivity index (χ0) is 14.5. The highest BCUT2D eigenvalue weighted by molar-refractivity contribution is 5.23. The lowest BCUT2D eigenvalue weighted by molar-refractivity contribution is 0.112. The van der Waals surface area contributed by atoms with Gasteiger partial charge in [0.25, 0.3) is 0 Å². The predicted octanol–water partition coefficient (Wildman–Crippen LogP) is 2.94. The number of hydrogen-bond acceptors (Lipinski definition) is 3. The minimum atomic E-state index is 0.710. The van der Waals surface area contributed by atoms with Crippen LogP contribution in [0.4, 0.5) is 0 Å². The average molecular weight is 288 g/mol. The molecule has 3 heteroatoms. The van der Waals surface area contributed by atoms with Crippen LogP contribution in [0.2, 0.25) is 0 Å². The van der Waals surface area contributed by atoms with E-state index in [4.69, 9.17) is 4.74 Å². The molecule has 2 aliphatic rings. The Morgan fingerprint density at radius 2 is 2.10 bits per heavy atom. The Morgan fingerprint density at radius 3 is 2.90 bits per heavy atom. The minimum absolute atomic E-state index is 0.710. The van der Waals surface area contributed by atoms with Crippen molar-refractivity contribution in [1.82, 2.24) is 10.2 Å². The Labute approximate surface area is 128 Å². The number of piperidine rings is 1. The predicted molar refractivity (Wildman–Crippen MR) is 86.2 cm³/mol. The zero-order valence-electron chi connectivity index (χ0n) is 13.2. The van der Waals surface area contributed by atoms with Crippen molar-refractivity contribution >= 4 is 0 Å². The summed E-state index contributed by atoms with van der Waals surface area (Å²) in [6, 6.07) is 10.3. The lowest BCUT2D eigenvalue weighted by atomic mass is 9.94. The fraction of sp³-hybridized carbons (Fsp3) is 0.667. The first kappa shape index (κ1) is 15.0. The fourth-order valence-electron chi connectivity index (χ4n) is 3.93. The van der Waals surface area contributed by atoms with Gasteiger partial charge in [0.2, 0.25) is 0 Å². The van der Waals surface area contributed by atoms with Crippen molar-refractivity contribution in [3.8, 4) is 0 Å². The maximum Gasteiger partial charge on any atom is 0.0713 e. The van der Waals surface area contributed by atoms with Crippen molar-refractivity contribution in [3.05, 3.63) is 35.4 Å². The summed E-state index contributed by atoms with van der Waals surface area (Å²) in [6.45, 7) is 4.25. The Morgan fingerprint density at radius 1 is 1.19 bits per heavy atom. The molecule has 0 bridgehead atoms. The third-order valence-corrected chi connectivity index (χ3v) is 4.92. The molecule has 0 aromatic heterocycles. The van der Waals surface area contributed by atoms with Crippen molar-refractivity contribution in [2.24, 2.45) is 0 Å². The second kappa shape index (κ2) is 7.39. The molecule has 2 atom stereocenters. The van der Waals surface area contributed by atoms with Gasteiger partial charge in [0.15, 0.2) is 0 Å². The number of methoxy groups -OCH3 is 1. The topological polar surface area (TPSA) is 24.5 Å². The summed E-state index contributed by atoms with van der Waals surface area (Å²) in [5, 5.41) is 3.71. The molecule has 116 valence electrons. The molecule has 2 saturated heterocycles. The monoisotopic (exact) mass is 288 g/mol. The van der Waals surface area contributed by atoms with E-state index in [1.807, 2.05) is 0 Å². The largest absolute Gasteiger partial charge is 0.380 e. The van der Waals surface area contributed by atoms with Crippen LogP contribution in [0.1, 0.15) is 43.2 Å². The van der Waals surface area contributed by atoms with Crippen LogP contribution in [-0.4, -0.2) is 37.2 Å². The molecule has 21 heavy (non-hydrogen) atoms. The molecule has 2 unspecified atom stereocenters. The van der Waals surface area contributed by atoms with Crippen LogP contribution in [0.5, 0.6) is 0 Å². The Balaban J connectivity index is 1.67. The molecule has 1 N–H and O–H groups in total. The van der Waals surface area contributed by atoms with Crippen molar-refractivity contribution < 1.29 is 4.74 Å². The molecule has 3 nitrogen and oxygen atoms in total. The molecule has 0 aliphatic carbocycles. The van der Waals surface area contributed by atoms with Crippen molar-refractivity contribution in [2.45, 2.75) is 57.3 Å². The number of likely N-dealkylation sites (tertiary alicyclic amines) is 1. The van der Waals surface area contributed by atoms with Gasteiger partial charge in [-0.15, -0.1) is 0 Å². The Hall–Kier alpha value is -0.900. The van der Waals surface area contributed by atoms with E-state index < -0.39 is 0 Å². The van der Waals surface area contributed by atoms with Crippen LogP contribution < -0.4 is 5.32 Å². The Bertz CT molecular complexity index is 443. The second-order valence-electron chi connectivity index (χ2n) is 6.49. The lowest BCUT2D eigenvalue weighted by Crippen LogP contribution is -2.49. The molecule has 0 radical (unpaired) electrons. The molecule has 3 rings (SSSR count). The number of nitrogens with zero attached hydrogens (tertiary/aromatic N) is 1. The van der Waals surface area contributed by atoms with Gasteiger partial charge < -0.3 is 10.1 Å². The van der Waals surface area contributed by atoms with Crippen LogP contribution in [0.25, 0.3) is 0 Å². The molecule has 2 heterocycles. The van der Waals surface area contributed by atoms with Gasteiger partial charge in [0, 0.05) is 25.7 Å². The molecule has 2 fully saturated rings. The van der Waals surface area contributed by atoms with E-state index in [1.165, 1.54) is 56.3 Å². The van der Waals surface area contributed by atoms with Gasteiger partial charge in [-0.25, -0.2) is 0 Å². The van der Waals surface area contributed by atoms with Crippen molar-refractivity contribution in [3.63, 3.8) is 0 Å². The van der Waals surface area contributed by atoms with Crippen LogP contribution in [0.15, 0.2) is 24.3 Å². The highest BCUT2D eigenvalue weighted by Gasteiger charge is 2.31. The second-order valence-corrected chi connectivity index (χ2v) is 6.49. The summed E-state index contributed by atoms with van der Waals surface area (Å²) >= 11 is 0. The van der Waals surface area contributed by atoms with E-state index in [1.54, 1.807) is 7.11 Å². The molecule has 0 spiro atoms. The van der Waals surface area contributed by atoms with E-state index in [2.05, 4.69) is 34.5 Å².